The number of imidazole rings is 1. The molecule has 0 spiro atoms. The molecule has 6 nitrogen and oxygen atoms in total. The summed E-state index contributed by atoms with van der Waals surface area (Å²) in [6.07, 6.45) is 7.81. The van der Waals surface area contributed by atoms with Crippen molar-refractivity contribution in [1.82, 2.24) is 19.4 Å². The van der Waals surface area contributed by atoms with Gasteiger partial charge < -0.3 is 19.5 Å². The molecule has 118 valence electrons. The molecule has 1 aromatic rings. The van der Waals surface area contributed by atoms with E-state index in [4.69, 9.17) is 0 Å². The Hall–Kier alpha value is -1.40. The number of aliphatic hydroxyl groups is 1. The van der Waals surface area contributed by atoms with E-state index in [0.717, 1.165) is 25.3 Å². The normalized spacial score (nSPS) is 16.1. The molecular formula is C15H26N4O2. The fourth-order valence-electron chi connectivity index (χ4n) is 2.74. The molecule has 2 heterocycles. The van der Waals surface area contributed by atoms with E-state index in [-0.39, 0.29) is 12.5 Å². The van der Waals surface area contributed by atoms with Crippen molar-refractivity contribution in [3.8, 4) is 0 Å². The molecule has 0 bridgehead atoms. The number of aryl methyl sites for hydroxylation is 1. The maximum absolute atomic E-state index is 12.4. The summed E-state index contributed by atoms with van der Waals surface area (Å²) >= 11 is 0. The quantitative estimate of drug-likeness (QED) is 0.801. The Morgan fingerprint density at radius 1 is 1.38 bits per heavy atom. The van der Waals surface area contributed by atoms with Gasteiger partial charge in [0.05, 0.1) is 25.2 Å². The van der Waals surface area contributed by atoms with Crippen LogP contribution >= 0.6 is 0 Å². The van der Waals surface area contributed by atoms with E-state index < -0.39 is 0 Å². The van der Waals surface area contributed by atoms with Crippen LogP contribution in [0.4, 0.5) is 0 Å². The van der Waals surface area contributed by atoms with Crippen LogP contribution in [0.1, 0.15) is 31.4 Å². The number of hydrogen-bond donors (Lipinski definition) is 1. The van der Waals surface area contributed by atoms with Crippen molar-refractivity contribution in [2.24, 2.45) is 7.05 Å². The molecule has 1 saturated heterocycles. The first-order valence-corrected chi connectivity index (χ1v) is 7.77. The monoisotopic (exact) mass is 294 g/mol. The second-order valence-electron chi connectivity index (χ2n) is 5.69. The maximum atomic E-state index is 12.4. The highest BCUT2D eigenvalue weighted by molar-refractivity contribution is 5.76. The van der Waals surface area contributed by atoms with Crippen LogP contribution in [0.25, 0.3) is 0 Å². The first kappa shape index (κ1) is 16.0. The van der Waals surface area contributed by atoms with Gasteiger partial charge in [-0.3, -0.25) is 4.79 Å². The van der Waals surface area contributed by atoms with Crippen LogP contribution in [0.15, 0.2) is 12.5 Å². The Kier molecular flexibility index (Phi) is 6.20. The molecule has 0 saturated carbocycles. The van der Waals surface area contributed by atoms with Crippen LogP contribution in [-0.2, 0) is 18.4 Å². The molecule has 1 fully saturated rings. The highest BCUT2D eigenvalue weighted by atomic mass is 16.3. The number of amides is 1. The lowest BCUT2D eigenvalue weighted by Crippen LogP contribution is -2.37. The van der Waals surface area contributed by atoms with Gasteiger partial charge in [0.1, 0.15) is 0 Å². The number of carbonyl (C=O) groups is 1. The van der Waals surface area contributed by atoms with Gasteiger partial charge in [0.2, 0.25) is 5.91 Å². The van der Waals surface area contributed by atoms with E-state index >= 15 is 0 Å². The van der Waals surface area contributed by atoms with Gasteiger partial charge >= 0.3 is 0 Å². The summed E-state index contributed by atoms with van der Waals surface area (Å²) in [6.45, 7) is 3.92. The van der Waals surface area contributed by atoms with E-state index in [1.54, 1.807) is 17.4 Å². The third-order valence-corrected chi connectivity index (χ3v) is 4.08. The van der Waals surface area contributed by atoms with E-state index in [1.807, 2.05) is 11.6 Å². The first-order chi connectivity index (χ1) is 10.2. The van der Waals surface area contributed by atoms with Crippen LogP contribution in [0.5, 0.6) is 0 Å². The van der Waals surface area contributed by atoms with Crippen LogP contribution < -0.4 is 0 Å². The van der Waals surface area contributed by atoms with E-state index in [9.17, 15) is 9.90 Å². The SMILES string of the molecule is Cn1cncc1CN(CCO)C(=O)CCN1CCCCC1. The second kappa shape index (κ2) is 8.14. The summed E-state index contributed by atoms with van der Waals surface area (Å²) in [4.78, 5) is 20.5. The lowest BCUT2D eigenvalue weighted by molar-refractivity contribution is -0.132. The average molecular weight is 294 g/mol. The zero-order valence-electron chi connectivity index (χ0n) is 12.9. The summed E-state index contributed by atoms with van der Waals surface area (Å²) in [5, 5.41) is 9.17. The van der Waals surface area contributed by atoms with E-state index in [2.05, 4.69) is 9.88 Å². The topological polar surface area (TPSA) is 61.6 Å². The Labute approximate surface area is 126 Å². The molecule has 1 N–H and O–H groups in total. The summed E-state index contributed by atoms with van der Waals surface area (Å²) in [7, 11) is 1.91. The molecule has 1 aliphatic heterocycles. The van der Waals surface area contributed by atoms with Crippen molar-refractivity contribution in [2.75, 3.05) is 32.8 Å². The fourth-order valence-corrected chi connectivity index (χ4v) is 2.74. The van der Waals surface area contributed by atoms with Gasteiger partial charge in [0.15, 0.2) is 0 Å². The van der Waals surface area contributed by atoms with Crippen LogP contribution in [0.2, 0.25) is 0 Å². The number of piperidine rings is 1. The molecule has 0 unspecified atom stereocenters. The largest absolute Gasteiger partial charge is 0.395 e. The number of rotatable bonds is 7. The molecule has 2 rings (SSSR count). The van der Waals surface area contributed by atoms with Gasteiger partial charge in [-0.15, -0.1) is 0 Å². The highest BCUT2D eigenvalue weighted by Gasteiger charge is 2.17. The van der Waals surface area contributed by atoms with Crippen LogP contribution in [0.3, 0.4) is 0 Å². The first-order valence-electron chi connectivity index (χ1n) is 7.77. The molecule has 1 aromatic heterocycles. The molecule has 0 radical (unpaired) electrons. The van der Waals surface area contributed by atoms with Crippen LogP contribution in [-0.4, -0.2) is 63.2 Å². The lowest BCUT2D eigenvalue weighted by Gasteiger charge is -2.28. The average Bonchev–Trinajstić information content (AvgIpc) is 2.91. The van der Waals surface area contributed by atoms with Gasteiger partial charge in [0.25, 0.3) is 0 Å². The number of carbonyl (C=O) groups excluding carboxylic acids is 1. The van der Waals surface area contributed by atoms with Crippen LogP contribution in [0, 0.1) is 0 Å². The lowest BCUT2D eigenvalue weighted by atomic mass is 10.1. The van der Waals surface area contributed by atoms with Crippen molar-refractivity contribution >= 4 is 5.91 Å². The Balaban J connectivity index is 1.84. The smallest absolute Gasteiger partial charge is 0.224 e. The molecule has 0 aliphatic carbocycles. The number of nitrogens with zero attached hydrogens (tertiary/aromatic N) is 4. The third kappa shape index (κ3) is 4.82. The molecule has 0 atom stereocenters. The fraction of sp³-hybridized carbons (Fsp3) is 0.733. The van der Waals surface area contributed by atoms with Gasteiger partial charge in [0, 0.05) is 32.8 Å². The van der Waals surface area contributed by atoms with Gasteiger partial charge in [-0.2, -0.15) is 0 Å². The third-order valence-electron chi connectivity index (χ3n) is 4.08. The Morgan fingerprint density at radius 3 is 2.76 bits per heavy atom. The minimum Gasteiger partial charge on any atom is -0.395 e. The van der Waals surface area contributed by atoms with Crippen molar-refractivity contribution in [3.05, 3.63) is 18.2 Å². The van der Waals surface area contributed by atoms with Gasteiger partial charge in [-0.1, -0.05) is 6.42 Å². The van der Waals surface area contributed by atoms with Gasteiger partial charge in [-0.05, 0) is 25.9 Å². The minimum atomic E-state index is -0.00664. The molecule has 1 aliphatic rings. The molecular weight excluding hydrogens is 268 g/mol. The highest BCUT2D eigenvalue weighted by Crippen LogP contribution is 2.10. The zero-order chi connectivity index (χ0) is 15.1. The number of likely N-dealkylation sites (tertiary alicyclic amines) is 1. The Bertz CT molecular complexity index is 441. The standard InChI is InChI=1S/C15H26N4O2/c1-17-13-16-11-14(17)12-19(9-10-20)15(21)5-8-18-6-3-2-4-7-18/h11,13,20H,2-10,12H2,1H3. The predicted octanol–water partition coefficient (Wildman–Crippen LogP) is 0.617. The van der Waals surface area contributed by atoms with Crippen molar-refractivity contribution < 1.29 is 9.90 Å². The molecule has 0 aromatic carbocycles. The molecule has 6 heteroatoms. The predicted molar refractivity (Wildman–Crippen MR) is 80.6 cm³/mol. The van der Waals surface area contributed by atoms with Crippen molar-refractivity contribution in [3.63, 3.8) is 0 Å². The summed E-state index contributed by atoms with van der Waals surface area (Å²) in [6, 6.07) is 0. The molecule has 1 amide bonds. The van der Waals surface area contributed by atoms with Gasteiger partial charge in [-0.25, -0.2) is 4.98 Å². The number of aromatic nitrogens is 2. The Morgan fingerprint density at radius 2 is 2.14 bits per heavy atom. The summed E-state index contributed by atoms with van der Waals surface area (Å²) < 4.78 is 1.91. The van der Waals surface area contributed by atoms with Crippen molar-refractivity contribution in [1.29, 1.82) is 0 Å². The maximum Gasteiger partial charge on any atom is 0.224 e. The molecule has 21 heavy (non-hydrogen) atoms. The number of hydrogen-bond acceptors (Lipinski definition) is 4. The number of aliphatic hydroxyl groups excluding tert-OH is 1. The summed E-state index contributed by atoms with van der Waals surface area (Å²) in [5.41, 5.74) is 0.981. The minimum absolute atomic E-state index is 0.00664. The summed E-state index contributed by atoms with van der Waals surface area (Å²) in [5.74, 6) is 0.107. The van der Waals surface area contributed by atoms with E-state index in [0.29, 0.717) is 19.5 Å². The van der Waals surface area contributed by atoms with Crippen molar-refractivity contribution in [2.45, 2.75) is 32.2 Å². The second-order valence-corrected chi connectivity index (χ2v) is 5.69. The zero-order valence-corrected chi connectivity index (χ0v) is 12.9. The van der Waals surface area contributed by atoms with E-state index in [1.165, 1.54) is 19.3 Å².